The molecule has 1 N–H and O–H groups in total. The largest absolute Gasteiger partial charge is 0.314 e. The first kappa shape index (κ1) is 11.2. The molecular formula is C15H20FN. The van der Waals surface area contributed by atoms with E-state index in [0.717, 1.165) is 29.9 Å². The molecule has 2 saturated carbocycles. The van der Waals surface area contributed by atoms with Gasteiger partial charge < -0.3 is 5.32 Å². The zero-order chi connectivity index (χ0) is 11.7. The predicted octanol–water partition coefficient (Wildman–Crippen LogP) is 3.15. The summed E-state index contributed by atoms with van der Waals surface area (Å²) >= 11 is 0. The molecule has 2 heteroatoms. The molecule has 0 saturated heterocycles. The molecule has 0 spiro atoms. The summed E-state index contributed by atoms with van der Waals surface area (Å²) in [5, 5.41) is 3.61. The van der Waals surface area contributed by atoms with Crippen LogP contribution in [-0.4, -0.2) is 12.6 Å². The summed E-state index contributed by atoms with van der Waals surface area (Å²) in [4.78, 5) is 0. The third-order valence-corrected chi connectivity index (χ3v) is 4.21. The summed E-state index contributed by atoms with van der Waals surface area (Å²) in [5.74, 6) is 1.48. The van der Waals surface area contributed by atoms with Crippen molar-refractivity contribution in [2.45, 2.75) is 38.1 Å². The highest BCUT2D eigenvalue weighted by Gasteiger charge is 2.32. The van der Waals surface area contributed by atoms with Crippen LogP contribution in [0.1, 0.15) is 31.2 Å². The van der Waals surface area contributed by atoms with Crippen LogP contribution in [0.3, 0.4) is 0 Å². The van der Waals surface area contributed by atoms with Crippen molar-refractivity contribution in [2.75, 3.05) is 6.54 Å². The number of hydrogen-bond donors (Lipinski definition) is 1. The Labute approximate surface area is 102 Å². The Morgan fingerprint density at radius 1 is 1.12 bits per heavy atom. The van der Waals surface area contributed by atoms with Gasteiger partial charge in [0.25, 0.3) is 0 Å². The fraction of sp³-hybridized carbons (Fsp3) is 0.600. The molecule has 2 atom stereocenters. The molecular weight excluding hydrogens is 213 g/mol. The lowest BCUT2D eigenvalue weighted by atomic mass is 9.70. The van der Waals surface area contributed by atoms with E-state index in [1.54, 1.807) is 6.07 Å². The van der Waals surface area contributed by atoms with Gasteiger partial charge in [0.2, 0.25) is 0 Å². The minimum atomic E-state index is -0.102. The SMILES string of the molecule is Fc1cccc(CC2CCC2CNC2CC2)c1. The molecule has 0 aliphatic heterocycles. The minimum Gasteiger partial charge on any atom is -0.314 e. The Morgan fingerprint density at radius 2 is 1.94 bits per heavy atom. The molecule has 0 heterocycles. The monoisotopic (exact) mass is 233 g/mol. The lowest BCUT2D eigenvalue weighted by Gasteiger charge is -2.37. The van der Waals surface area contributed by atoms with Crippen LogP contribution in [0.5, 0.6) is 0 Å². The fourth-order valence-electron chi connectivity index (χ4n) is 2.75. The molecule has 1 aromatic carbocycles. The maximum Gasteiger partial charge on any atom is 0.123 e. The lowest BCUT2D eigenvalue weighted by Crippen LogP contribution is -2.37. The first-order chi connectivity index (χ1) is 8.31. The fourth-order valence-corrected chi connectivity index (χ4v) is 2.75. The smallest absolute Gasteiger partial charge is 0.123 e. The van der Waals surface area contributed by atoms with E-state index in [0.29, 0.717) is 0 Å². The minimum absolute atomic E-state index is 0.102. The van der Waals surface area contributed by atoms with Crippen molar-refractivity contribution in [3.63, 3.8) is 0 Å². The van der Waals surface area contributed by atoms with Crippen molar-refractivity contribution in [1.82, 2.24) is 5.32 Å². The van der Waals surface area contributed by atoms with E-state index in [2.05, 4.69) is 5.32 Å². The van der Waals surface area contributed by atoms with Crippen LogP contribution >= 0.6 is 0 Å². The average Bonchev–Trinajstić information content (AvgIpc) is 3.09. The molecule has 0 bridgehead atoms. The van der Waals surface area contributed by atoms with E-state index in [4.69, 9.17) is 0 Å². The maximum absolute atomic E-state index is 13.1. The molecule has 2 unspecified atom stereocenters. The molecule has 1 nitrogen and oxygen atoms in total. The van der Waals surface area contributed by atoms with E-state index in [9.17, 15) is 4.39 Å². The van der Waals surface area contributed by atoms with Gasteiger partial charge in [0.1, 0.15) is 5.82 Å². The predicted molar refractivity (Wildman–Crippen MR) is 67.3 cm³/mol. The highest BCUT2D eigenvalue weighted by atomic mass is 19.1. The normalized spacial score (nSPS) is 27.8. The summed E-state index contributed by atoms with van der Waals surface area (Å²) in [6.45, 7) is 1.17. The van der Waals surface area contributed by atoms with E-state index >= 15 is 0 Å². The molecule has 92 valence electrons. The maximum atomic E-state index is 13.1. The van der Waals surface area contributed by atoms with E-state index in [1.807, 2.05) is 12.1 Å². The van der Waals surface area contributed by atoms with Crippen LogP contribution in [0.4, 0.5) is 4.39 Å². The van der Waals surface area contributed by atoms with Crippen molar-refractivity contribution in [3.8, 4) is 0 Å². The average molecular weight is 233 g/mol. The van der Waals surface area contributed by atoms with Gasteiger partial charge in [-0.3, -0.25) is 0 Å². The van der Waals surface area contributed by atoms with Gasteiger partial charge in [-0.25, -0.2) is 4.39 Å². The Hall–Kier alpha value is -0.890. The van der Waals surface area contributed by atoms with Gasteiger partial charge in [-0.1, -0.05) is 12.1 Å². The second-order valence-corrected chi connectivity index (χ2v) is 5.61. The van der Waals surface area contributed by atoms with Gasteiger partial charge in [0.05, 0.1) is 0 Å². The van der Waals surface area contributed by atoms with E-state index < -0.39 is 0 Å². The van der Waals surface area contributed by atoms with Gasteiger partial charge in [-0.05, 0) is 68.2 Å². The number of benzene rings is 1. The van der Waals surface area contributed by atoms with Crippen molar-refractivity contribution in [3.05, 3.63) is 35.6 Å². The third kappa shape index (κ3) is 2.86. The molecule has 0 amide bonds. The zero-order valence-corrected chi connectivity index (χ0v) is 10.2. The summed E-state index contributed by atoms with van der Waals surface area (Å²) in [6.07, 6.45) is 6.44. The summed E-state index contributed by atoms with van der Waals surface area (Å²) in [5.41, 5.74) is 1.16. The molecule has 2 aliphatic carbocycles. The topological polar surface area (TPSA) is 12.0 Å². The molecule has 2 aliphatic rings. The van der Waals surface area contributed by atoms with Crippen LogP contribution in [0.15, 0.2) is 24.3 Å². The lowest BCUT2D eigenvalue weighted by molar-refractivity contribution is 0.170. The van der Waals surface area contributed by atoms with E-state index in [1.165, 1.54) is 38.3 Å². The van der Waals surface area contributed by atoms with Gasteiger partial charge in [-0.2, -0.15) is 0 Å². The highest BCUT2D eigenvalue weighted by molar-refractivity contribution is 5.17. The molecule has 3 rings (SSSR count). The number of halogens is 1. The molecule has 2 fully saturated rings. The first-order valence-corrected chi connectivity index (χ1v) is 6.79. The van der Waals surface area contributed by atoms with Gasteiger partial charge >= 0.3 is 0 Å². The quantitative estimate of drug-likeness (QED) is 0.824. The van der Waals surface area contributed by atoms with Crippen LogP contribution in [0.25, 0.3) is 0 Å². The number of hydrogen-bond acceptors (Lipinski definition) is 1. The molecule has 0 radical (unpaired) electrons. The second kappa shape index (κ2) is 4.77. The van der Waals surface area contributed by atoms with Crippen LogP contribution in [-0.2, 0) is 6.42 Å². The van der Waals surface area contributed by atoms with Gasteiger partial charge in [-0.15, -0.1) is 0 Å². The summed E-state index contributed by atoms with van der Waals surface area (Å²) < 4.78 is 13.1. The standard InChI is InChI=1S/C15H20FN/c16-14-3-1-2-11(9-14)8-12-4-5-13(12)10-17-15-6-7-15/h1-3,9,12-13,15,17H,4-8,10H2. The number of rotatable bonds is 5. The van der Waals surface area contributed by atoms with Crippen molar-refractivity contribution in [1.29, 1.82) is 0 Å². The number of nitrogens with one attached hydrogen (secondary N) is 1. The van der Waals surface area contributed by atoms with Crippen molar-refractivity contribution >= 4 is 0 Å². The van der Waals surface area contributed by atoms with E-state index in [-0.39, 0.29) is 5.82 Å². The Kier molecular flexibility index (Phi) is 3.15. The Bertz CT molecular complexity index is 386. The van der Waals surface area contributed by atoms with Gasteiger partial charge in [0, 0.05) is 6.04 Å². The highest BCUT2D eigenvalue weighted by Crippen LogP contribution is 2.37. The van der Waals surface area contributed by atoms with Crippen LogP contribution in [0.2, 0.25) is 0 Å². The third-order valence-electron chi connectivity index (χ3n) is 4.21. The summed E-state index contributed by atoms with van der Waals surface area (Å²) in [7, 11) is 0. The Balaban J connectivity index is 1.50. The first-order valence-electron chi connectivity index (χ1n) is 6.79. The molecule has 17 heavy (non-hydrogen) atoms. The molecule has 1 aromatic rings. The zero-order valence-electron chi connectivity index (χ0n) is 10.2. The van der Waals surface area contributed by atoms with Crippen LogP contribution < -0.4 is 5.32 Å². The van der Waals surface area contributed by atoms with Crippen molar-refractivity contribution < 1.29 is 4.39 Å². The van der Waals surface area contributed by atoms with Crippen molar-refractivity contribution in [2.24, 2.45) is 11.8 Å². The molecule has 0 aromatic heterocycles. The van der Waals surface area contributed by atoms with Gasteiger partial charge in [0.15, 0.2) is 0 Å². The van der Waals surface area contributed by atoms with Crippen LogP contribution in [0, 0.1) is 17.7 Å². The summed E-state index contributed by atoms with van der Waals surface area (Å²) in [6, 6.07) is 7.89. The second-order valence-electron chi connectivity index (χ2n) is 5.61. The Morgan fingerprint density at radius 3 is 2.59 bits per heavy atom.